The molecule has 26 heavy (non-hydrogen) atoms. The molecule has 0 bridgehead atoms. The molecule has 0 fully saturated rings. The second-order valence-electron chi connectivity index (χ2n) is 6.33. The molecule has 2 aromatic carbocycles. The molecule has 0 aliphatic rings. The summed E-state index contributed by atoms with van der Waals surface area (Å²) in [6.07, 6.45) is 0. The van der Waals surface area contributed by atoms with Crippen LogP contribution in [0.4, 0.5) is 11.4 Å². The Morgan fingerprint density at radius 1 is 1.08 bits per heavy atom. The number of hydrogen-bond donors (Lipinski definition) is 1. The van der Waals surface area contributed by atoms with Crippen LogP contribution in [0.5, 0.6) is 5.75 Å². The van der Waals surface area contributed by atoms with E-state index in [0.717, 1.165) is 0 Å². The van der Waals surface area contributed by atoms with Gasteiger partial charge in [-0.15, -0.1) is 0 Å². The third-order valence-corrected chi connectivity index (χ3v) is 4.01. The average Bonchev–Trinajstić information content (AvgIpc) is 2.61. The molecule has 0 saturated carbocycles. The van der Waals surface area contributed by atoms with Crippen LogP contribution >= 0.6 is 0 Å². The fourth-order valence-corrected chi connectivity index (χ4v) is 2.61. The summed E-state index contributed by atoms with van der Waals surface area (Å²) in [5.74, 6) is 0.558. The number of amides is 2. The maximum atomic E-state index is 12.5. The summed E-state index contributed by atoms with van der Waals surface area (Å²) in [5.41, 5.74) is 2.49. The number of carbonyl (C=O) groups excluding carboxylic acids is 2. The summed E-state index contributed by atoms with van der Waals surface area (Å²) in [6.45, 7) is 8.02. The fraction of sp³-hybridized carbons (Fsp3) is 0.333. The zero-order valence-electron chi connectivity index (χ0n) is 15.8. The zero-order chi connectivity index (χ0) is 19.1. The molecule has 0 heterocycles. The van der Waals surface area contributed by atoms with Gasteiger partial charge in [-0.2, -0.15) is 0 Å². The van der Waals surface area contributed by atoms with Gasteiger partial charge < -0.3 is 15.0 Å². The minimum absolute atomic E-state index is 0.0587. The summed E-state index contributed by atoms with van der Waals surface area (Å²) >= 11 is 0. The Hall–Kier alpha value is -2.82. The molecule has 5 heteroatoms. The van der Waals surface area contributed by atoms with Crippen LogP contribution in [-0.2, 0) is 9.59 Å². The van der Waals surface area contributed by atoms with Gasteiger partial charge in [-0.25, -0.2) is 0 Å². The third-order valence-electron chi connectivity index (χ3n) is 4.01. The van der Waals surface area contributed by atoms with E-state index in [1.165, 1.54) is 17.4 Å². The van der Waals surface area contributed by atoms with E-state index in [0.29, 0.717) is 29.6 Å². The molecular weight excluding hydrogens is 328 g/mol. The minimum atomic E-state index is -0.278. The number of hydrogen-bond acceptors (Lipinski definition) is 3. The minimum Gasteiger partial charge on any atom is -0.492 e. The molecule has 0 spiro atoms. The van der Waals surface area contributed by atoms with Crippen molar-refractivity contribution in [2.45, 2.75) is 33.6 Å². The predicted octanol–water partition coefficient (Wildman–Crippen LogP) is 4.20. The van der Waals surface area contributed by atoms with Gasteiger partial charge in [0.05, 0.1) is 12.3 Å². The first-order valence-electron chi connectivity index (χ1n) is 8.82. The van der Waals surface area contributed by atoms with E-state index in [4.69, 9.17) is 4.74 Å². The van der Waals surface area contributed by atoms with Gasteiger partial charge in [-0.3, -0.25) is 9.59 Å². The zero-order valence-corrected chi connectivity index (χ0v) is 15.8. The predicted molar refractivity (Wildman–Crippen MR) is 105 cm³/mol. The lowest BCUT2D eigenvalue weighted by atomic mass is 10.0. The van der Waals surface area contributed by atoms with Gasteiger partial charge in [-0.05, 0) is 42.7 Å². The molecule has 138 valence electrons. The number of nitrogens with zero attached hydrogens (tertiary/aromatic N) is 1. The SMILES string of the molecule is CCOc1ccccc1NC(=O)CN(C(C)=O)c1ccc(C(C)C)cc1. The van der Waals surface area contributed by atoms with Crippen molar-refractivity contribution in [1.29, 1.82) is 0 Å². The summed E-state index contributed by atoms with van der Waals surface area (Å²) in [7, 11) is 0. The Morgan fingerprint density at radius 2 is 1.73 bits per heavy atom. The molecule has 0 saturated heterocycles. The molecular formula is C21H26N2O3. The molecule has 0 aromatic heterocycles. The molecule has 2 aromatic rings. The number of ether oxygens (including phenoxy) is 1. The highest BCUT2D eigenvalue weighted by Crippen LogP contribution is 2.24. The van der Waals surface area contributed by atoms with E-state index in [1.807, 2.05) is 43.3 Å². The first kappa shape index (κ1) is 19.5. The number of para-hydroxylation sites is 2. The van der Waals surface area contributed by atoms with Gasteiger partial charge in [0.1, 0.15) is 12.3 Å². The molecule has 2 amide bonds. The van der Waals surface area contributed by atoms with Crippen LogP contribution in [0, 0.1) is 0 Å². The van der Waals surface area contributed by atoms with Crippen LogP contribution < -0.4 is 15.0 Å². The maximum absolute atomic E-state index is 12.5. The highest BCUT2D eigenvalue weighted by Gasteiger charge is 2.17. The van der Waals surface area contributed by atoms with Crippen LogP contribution in [0.25, 0.3) is 0 Å². The van der Waals surface area contributed by atoms with E-state index in [1.54, 1.807) is 12.1 Å². The van der Waals surface area contributed by atoms with Crippen LogP contribution in [0.2, 0.25) is 0 Å². The standard InChI is InChI=1S/C21H26N2O3/c1-5-26-20-9-7-6-8-19(20)22-21(25)14-23(16(4)24)18-12-10-17(11-13-18)15(2)3/h6-13,15H,5,14H2,1-4H3,(H,22,25). The molecule has 0 atom stereocenters. The Bertz CT molecular complexity index is 754. The van der Waals surface area contributed by atoms with Crippen molar-refractivity contribution >= 4 is 23.2 Å². The van der Waals surface area contributed by atoms with E-state index in [-0.39, 0.29) is 18.4 Å². The molecule has 0 unspecified atom stereocenters. The van der Waals surface area contributed by atoms with E-state index in [9.17, 15) is 9.59 Å². The van der Waals surface area contributed by atoms with Crippen molar-refractivity contribution in [3.05, 3.63) is 54.1 Å². The van der Waals surface area contributed by atoms with Gasteiger partial charge in [0, 0.05) is 12.6 Å². The number of carbonyl (C=O) groups is 2. The lowest BCUT2D eigenvalue weighted by Gasteiger charge is -2.21. The van der Waals surface area contributed by atoms with Crippen molar-refractivity contribution in [3.8, 4) is 5.75 Å². The second kappa shape index (κ2) is 9.04. The van der Waals surface area contributed by atoms with Crippen LogP contribution in [0.3, 0.4) is 0 Å². The van der Waals surface area contributed by atoms with Gasteiger partial charge in [0.2, 0.25) is 11.8 Å². The molecule has 0 aliphatic heterocycles. The lowest BCUT2D eigenvalue weighted by molar-refractivity contribution is -0.120. The van der Waals surface area contributed by atoms with Crippen molar-refractivity contribution in [2.75, 3.05) is 23.4 Å². The van der Waals surface area contributed by atoms with Crippen LogP contribution in [0.15, 0.2) is 48.5 Å². The Morgan fingerprint density at radius 3 is 2.31 bits per heavy atom. The number of nitrogens with one attached hydrogen (secondary N) is 1. The van der Waals surface area contributed by atoms with Crippen molar-refractivity contribution < 1.29 is 14.3 Å². The van der Waals surface area contributed by atoms with Crippen LogP contribution in [-0.4, -0.2) is 25.0 Å². The quantitative estimate of drug-likeness (QED) is 0.811. The smallest absolute Gasteiger partial charge is 0.244 e. The molecule has 0 aliphatic carbocycles. The second-order valence-corrected chi connectivity index (χ2v) is 6.33. The fourth-order valence-electron chi connectivity index (χ4n) is 2.61. The third kappa shape index (κ3) is 5.09. The number of rotatable bonds is 7. The first-order chi connectivity index (χ1) is 12.4. The van der Waals surface area contributed by atoms with Crippen LogP contribution in [0.1, 0.15) is 39.2 Å². The largest absolute Gasteiger partial charge is 0.492 e. The van der Waals surface area contributed by atoms with Crippen molar-refractivity contribution in [3.63, 3.8) is 0 Å². The first-order valence-corrected chi connectivity index (χ1v) is 8.82. The number of anilines is 2. The summed E-state index contributed by atoms with van der Waals surface area (Å²) < 4.78 is 5.52. The summed E-state index contributed by atoms with van der Waals surface area (Å²) in [5, 5.41) is 2.82. The molecule has 0 radical (unpaired) electrons. The molecule has 1 N–H and O–H groups in total. The highest BCUT2D eigenvalue weighted by atomic mass is 16.5. The van der Waals surface area contributed by atoms with Gasteiger partial charge in [0.15, 0.2) is 0 Å². The van der Waals surface area contributed by atoms with E-state index in [2.05, 4.69) is 19.2 Å². The maximum Gasteiger partial charge on any atom is 0.244 e. The topological polar surface area (TPSA) is 58.6 Å². The Balaban J connectivity index is 2.12. The average molecular weight is 354 g/mol. The monoisotopic (exact) mass is 354 g/mol. The number of benzene rings is 2. The lowest BCUT2D eigenvalue weighted by Crippen LogP contribution is -2.36. The molecule has 5 nitrogen and oxygen atoms in total. The normalized spacial score (nSPS) is 10.5. The summed E-state index contributed by atoms with van der Waals surface area (Å²) in [4.78, 5) is 26.0. The van der Waals surface area contributed by atoms with E-state index >= 15 is 0 Å². The Labute approximate surface area is 155 Å². The van der Waals surface area contributed by atoms with E-state index < -0.39 is 0 Å². The Kier molecular flexibility index (Phi) is 6.78. The van der Waals surface area contributed by atoms with Crippen molar-refractivity contribution in [2.24, 2.45) is 0 Å². The highest BCUT2D eigenvalue weighted by molar-refractivity contribution is 6.02. The van der Waals surface area contributed by atoms with Crippen molar-refractivity contribution in [1.82, 2.24) is 0 Å². The molecule has 2 rings (SSSR count). The van der Waals surface area contributed by atoms with Gasteiger partial charge in [0.25, 0.3) is 0 Å². The van der Waals surface area contributed by atoms with Gasteiger partial charge in [-0.1, -0.05) is 38.1 Å². The van der Waals surface area contributed by atoms with Gasteiger partial charge >= 0.3 is 0 Å². The summed E-state index contributed by atoms with van der Waals surface area (Å²) in [6, 6.07) is 15.0.